The van der Waals surface area contributed by atoms with E-state index < -0.39 is 0 Å². The van der Waals surface area contributed by atoms with Crippen LogP contribution in [-0.4, -0.2) is 47.7 Å². The Bertz CT molecular complexity index is 580. The molecule has 0 bridgehead atoms. The van der Waals surface area contributed by atoms with Crippen LogP contribution in [0.15, 0.2) is 18.2 Å². The molecular formula is C16H22N2O3S2. The van der Waals surface area contributed by atoms with Crippen molar-refractivity contribution in [3.8, 4) is 11.5 Å². The highest BCUT2D eigenvalue weighted by Gasteiger charge is 2.34. The molecule has 0 spiro atoms. The van der Waals surface area contributed by atoms with Crippen LogP contribution in [0, 0.1) is 0 Å². The zero-order valence-corrected chi connectivity index (χ0v) is 15.3. The molecule has 0 aromatic heterocycles. The van der Waals surface area contributed by atoms with E-state index in [-0.39, 0.29) is 11.9 Å². The molecule has 0 radical (unpaired) electrons. The number of carbonyl (C=O) groups excluding carboxylic acids is 1. The third kappa shape index (κ3) is 4.29. The van der Waals surface area contributed by atoms with E-state index in [1.807, 2.05) is 31.4 Å². The summed E-state index contributed by atoms with van der Waals surface area (Å²) in [4.78, 5) is 14.1. The highest BCUT2D eigenvalue weighted by atomic mass is 32.2. The van der Waals surface area contributed by atoms with Crippen LogP contribution in [0.2, 0.25) is 0 Å². The first kappa shape index (κ1) is 17.9. The number of nitrogens with one attached hydrogen (secondary N) is 1. The molecule has 1 atom stereocenters. The first-order chi connectivity index (χ1) is 11.1. The predicted molar refractivity (Wildman–Crippen MR) is 97.2 cm³/mol. The standard InChI is InChI=1S/C16H22N2O3S2/c1-4-21-13-6-5-11(9-14(13)20-2)10-18-15(19)12(7-8-23-3)17-16(18)22/h5-6,9,12H,4,7-8,10H2,1-3H3,(H,17,22). The molecule has 1 fully saturated rings. The lowest BCUT2D eigenvalue weighted by Crippen LogP contribution is -2.31. The highest BCUT2D eigenvalue weighted by Crippen LogP contribution is 2.29. The number of ether oxygens (including phenoxy) is 2. The van der Waals surface area contributed by atoms with Gasteiger partial charge in [0, 0.05) is 0 Å². The summed E-state index contributed by atoms with van der Waals surface area (Å²) in [6.45, 7) is 2.93. The lowest BCUT2D eigenvalue weighted by Gasteiger charge is -2.16. The van der Waals surface area contributed by atoms with Crippen LogP contribution in [-0.2, 0) is 11.3 Å². The summed E-state index contributed by atoms with van der Waals surface area (Å²) >= 11 is 7.03. The van der Waals surface area contributed by atoms with E-state index in [1.54, 1.807) is 23.8 Å². The van der Waals surface area contributed by atoms with E-state index in [9.17, 15) is 4.79 Å². The van der Waals surface area contributed by atoms with Crippen LogP contribution in [0.5, 0.6) is 11.5 Å². The summed E-state index contributed by atoms with van der Waals surface area (Å²) in [6, 6.07) is 5.47. The second-order valence-corrected chi connectivity index (χ2v) is 6.50. The fourth-order valence-electron chi connectivity index (χ4n) is 2.43. The van der Waals surface area contributed by atoms with Gasteiger partial charge in [0.05, 0.1) is 20.3 Å². The maximum atomic E-state index is 12.5. The predicted octanol–water partition coefficient (Wildman–Crippen LogP) is 2.43. The normalized spacial score (nSPS) is 17.3. The quantitative estimate of drug-likeness (QED) is 0.724. The fourth-order valence-corrected chi connectivity index (χ4v) is 3.19. The molecule has 1 unspecified atom stereocenters. The average Bonchev–Trinajstić information content (AvgIpc) is 2.82. The number of hydrogen-bond donors (Lipinski definition) is 1. The molecule has 1 aromatic carbocycles. The summed E-state index contributed by atoms with van der Waals surface area (Å²) < 4.78 is 10.9. The number of rotatable bonds is 8. The van der Waals surface area contributed by atoms with E-state index in [0.29, 0.717) is 29.8 Å². The maximum Gasteiger partial charge on any atom is 0.251 e. The van der Waals surface area contributed by atoms with Gasteiger partial charge in [-0.05, 0) is 55.3 Å². The molecule has 1 N–H and O–H groups in total. The summed E-state index contributed by atoms with van der Waals surface area (Å²) in [6.07, 6.45) is 2.81. The van der Waals surface area contributed by atoms with Gasteiger partial charge < -0.3 is 14.8 Å². The smallest absolute Gasteiger partial charge is 0.251 e. The molecule has 23 heavy (non-hydrogen) atoms. The molecule has 7 heteroatoms. The Labute approximate surface area is 146 Å². The number of nitrogens with zero attached hydrogens (tertiary/aromatic N) is 1. The molecule has 1 heterocycles. The zero-order chi connectivity index (χ0) is 16.8. The third-order valence-corrected chi connectivity index (χ3v) is 4.57. The van der Waals surface area contributed by atoms with Crippen molar-refractivity contribution in [2.24, 2.45) is 0 Å². The van der Waals surface area contributed by atoms with Gasteiger partial charge in [-0.2, -0.15) is 11.8 Å². The number of methoxy groups -OCH3 is 1. The number of carbonyl (C=O) groups is 1. The Hall–Kier alpha value is -1.47. The van der Waals surface area contributed by atoms with E-state index in [1.165, 1.54) is 0 Å². The molecule has 126 valence electrons. The Morgan fingerprint density at radius 3 is 2.83 bits per heavy atom. The van der Waals surface area contributed by atoms with Gasteiger partial charge in [-0.25, -0.2) is 0 Å². The van der Waals surface area contributed by atoms with Gasteiger partial charge in [0.1, 0.15) is 6.04 Å². The minimum absolute atomic E-state index is 0.0388. The van der Waals surface area contributed by atoms with Gasteiger partial charge in [0.2, 0.25) is 0 Å². The molecular weight excluding hydrogens is 332 g/mol. The molecule has 1 saturated heterocycles. The number of thiocarbonyl (C=S) groups is 1. The Kier molecular flexibility index (Phi) is 6.53. The van der Waals surface area contributed by atoms with Gasteiger partial charge in [-0.1, -0.05) is 6.07 Å². The molecule has 1 aromatic rings. The first-order valence-electron chi connectivity index (χ1n) is 7.51. The minimum atomic E-state index is -0.209. The van der Waals surface area contributed by atoms with E-state index in [2.05, 4.69) is 5.32 Å². The monoisotopic (exact) mass is 354 g/mol. The molecule has 5 nitrogen and oxygen atoms in total. The molecule has 1 aliphatic heterocycles. The number of amides is 1. The summed E-state index contributed by atoms with van der Waals surface area (Å²) in [5, 5.41) is 3.60. The number of hydrogen-bond acceptors (Lipinski definition) is 5. The lowest BCUT2D eigenvalue weighted by molar-refractivity contribution is -0.127. The van der Waals surface area contributed by atoms with Gasteiger partial charge in [-0.3, -0.25) is 9.69 Å². The summed E-state index contributed by atoms with van der Waals surface area (Å²) in [5.74, 6) is 2.33. The average molecular weight is 354 g/mol. The van der Waals surface area contributed by atoms with Crippen molar-refractivity contribution in [2.75, 3.05) is 25.7 Å². The number of benzene rings is 1. The van der Waals surface area contributed by atoms with Crippen LogP contribution in [0.1, 0.15) is 18.9 Å². The van der Waals surface area contributed by atoms with Crippen molar-refractivity contribution >= 4 is 35.0 Å². The number of thioether (sulfide) groups is 1. The van der Waals surface area contributed by atoms with Crippen molar-refractivity contribution in [3.05, 3.63) is 23.8 Å². The van der Waals surface area contributed by atoms with Crippen LogP contribution in [0.3, 0.4) is 0 Å². The molecule has 2 rings (SSSR count). The Morgan fingerprint density at radius 2 is 2.17 bits per heavy atom. The van der Waals surface area contributed by atoms with Crippen LogP contribution >= 0.6 is 24.0 Å². The Morgan fingerprint density at radius 1 is 1.39 bits per heavy atom. The minimum Gasteiger partial charge on any atom is -0.493 e. The molecule has 1 amide bonds. The van der Waals surface area contributed by atoms with Crippen LogP contribution in [0.4, 0.5) is 0 Å². The van der Waals surface area contributed by atoms with E-state index >= 15 is 0 Å². The second-order valence-electron chi connectivity index (χ2n) is 5.13. The molecule has 0 saturated carbocycles. The third-order valence-electron chi connectivity index (χ3n) is 3.59. The van der Waals surface area contributed by atoms with Gasteiger partial charge >= 0.3 is 0 Å². The summed E-state index contributed by atoms with van der Waals surface area (Å²) in [5.41, 5.74) is 0.952. The van der Waals surface area contributed by atoms with Crippen molar-refractivity contribution in [1.29, 1.82) is 0 Å². The van der Waals surface area contributed by atoms with E-state index in [4.69, 9.17) is 21.7 Å². The summed E-state index contributed by atoms with van der Waals surface area (Å²) in [7, 11) is 1.60. The van der Waals surface area contributed by atoms with Crippen LogP contribution in [0.25, 0.3) is 0 Å². The SMILES string of the molecule is CCOc1ccc(CN2C(=O)C(CCSC)NC2=S)cc1OC. The second kappa shape index (κ2) is 8.40. The maximum absolute atomic E-state index is 12.5. The largest absolute Gasteiger partial charge is 0.493 e. The lowest BCUT2D eigenvalue weighted by atomic mass is 10.1. The van der Waals surface area contributed by atoms with E-state index in [0.717, 1.165) is 17.7 Å². The van der Waals surface area contributed by atoms with Crippen molar-refractivity contribution < 1.29 is 14.3 Å². The fraction of sp³-hybridized carbons (Fsp3) is 0.500. The molecule has 0 aliphatic carbocycles. The van der Waals surface area contributed by atoms with Crippen molar-refractivity contribution in [2.45, 2.75) is 25.9 Å². The van der Waals surface area contributed by atoms with Crippen molar-refractivity contribution in [1.82, 2.24) is 10.2 Å². The topological polar surface area (TPSA) is 50.8 Å². The van der Waals surface area contributed by atoms with Gasteiger partial charge in [0.15, 0.2) is 16.6 Å². The Balaban J connectivity index is 2.09. The van der Waals surface area contributed by atoms with Crippen molar-refractivity contribution in [3.63, 3.8) is 0 Å². The van der Waals surface area contributed by atoms with Crippen LogP contribution < -0.4 is 14.8 Å². The van der Waals surface area contributed by atoms with Gasteiger partial charge in [0.25, 0.3) is 5.91 Å². The highest BCUT2D eigenvalue weighted by molar-refractivity contribution is 7.98. The zero-order valence-electron chi connectivity index (χ0n) is 13.6. The molecule has 1 aliphatic rings. The van der Waals surface area contributed by atoms with Gasteiger partial charge in [-0.15, -0.1) is 0 Å². The first-order valence-corrected chi connectivity index (χ1v) is 9.31.